The number of aliphatic carboxylic acids is 2. The van der Waals surface area contributed by atoms with Gasteiger partial charge in [-0.05, 0) is 11.3 Å². The summed E-state index contributed by atoms with van der Waals surface area (Å²) in [5, 5.41) is 26.9. The van der Waals surface area contributed by atoms with Gasteiger partial charge in [0.05, 0.1) is 7.05 Å². The molecule has 25 heavy (non-hydrogen) atoms. The number of carboxylic acid groups (broad SMARTS) is 2. The van der Waals surface area contributed by atoms with E-state index in [1.165, 1.54) is 4.57 Å². The van der Waals surface area contributed by atoms with Crippen LogP contribution < -0.4 is 5.73 Å². The quantitative estimate of drug-likeness (QED) is 0.518. The molecule has 0 fully saturated rings. The zero-order chi connectivity index (χ0) is 19.0. The molecule has 0 aliphatic rings. The van der Waals surface area contributed by atoms with Crippen LogP contribution in [0.1, 0.15) is 12.8 Å². The van der Waals surface area contributed by atoms with Gasteiger partial charge in [-0.2, -0.15) is 0 Å². The minimum atomic E-state index is -1.17. The number of nitrogens with zero attached hydrogens (tertiary/aromatic N) is 3. The maximum absolute atomic E-state index is 10.6. The van der Waals surface area contributed by atoms with Gasteiger partial charge in [-0.1, -0.05) is 35.3 Å². The molecular formula is C15H18N4O6. The van der Waals surface area contributed by atoms with Crippen LogP contribution in [0.4, 0.5) is 5.95 Å². The van der Waals surface area contributed by atoms with E-state index < -0.39 is 22.9 Å². The second-order valence-electron chi connectivity index (χ2n) is 5.04. The highest BCUT2D eigenvalue weighted by molar-refractivity contribution is 5.74. The van der Waals surface area contributed by atoms with Crippen LogP contribution in [-0.2, 0) is 16.6 Å². The number of benzene rings is 1. The SMILES string of the molecule is Cn1cc(-c2ccccc2)nc1[N+](=O)[O-].N[C@@H](CCC(=O)O)C(=O)O. The molecule has 10 heteroatoms. The summed E-state index contributed by atoms with van der Waals surface area (Å²) in [6, 6.07) is 8.31. The van der Waals surface area contributed by atoms with Crippen molar-refractivity contribution in [1.82, 2.24) is 9.55 Å². The van der Waals surface area contributed by atoms with Crippen molar-refractivity contribution in [3.05, 3.63) is 46.6 Å². The number of hydrogen-bond donors (Lipinski definition) is 3. The Morgan fingerprint density at radius 2 is 1.92 bits per heavy atom. The second-order valence-corrected chi connectivity index (χ2v) is 5.04. The third-order valence-corrected chi connectivity index (χ3v) is 3.07. The molecule has 1 aromatic carbocycles. The molecule has 0 saturated heterocycles. The highest BCUT2D eigenvalue weighted by Gasteiger charge is 2.17. The lowest BCUT2D eigenvalue weighted by molar-refractivity contribution is -0.396. The van der Waals surface area contributed by atoms with Gasteiger partial charge >= 0.3 is 17.9 Å². The van der Waals surface area contributed by atoms with Crippen molar-refractivity contribution >= 4 is 17.9 Å². The molecule has 0 saturated carbocycles. The zero-order valence-electron chi connectivity index (χ0n) is 13.4. The van der Waals surface area contributed by atoms with Crippen LogP contribution >= 0.6 is 0 Å². The molecule has 0 unspecified atom stereocenters. The fourth-order valence-electron chi connectivity index (χ4n) is 1.78. The Balaban J connectivity index is 0.000000275. The van der Waals surface area contributed by atoms with Crippen LogP contribution in [0.2, 0.25) is 0 Å². The second kappa shape index (κ2) is 9.13. The van der Waals surface area contributed by atoms with Gasteiger partial charge in [0.25, 0.3) is 0 Å². The maximum atomic E-state index is 10.6. The van der Waals surface area contributed by atoms with Crippen molar-refractivity contribution in [2.24, 2.45) is 12.8 Å². The lowest BCUT2D eigenvalue weighted by atomic mass is 10.2. The van der Waals surface area contributed by atoms with Crippen LogP contribution in [0.15, 0.2) is 36.5 Å². The number of carboxylic acids is 2. The lowest BCUT2D eigenvalue weighted by Gasteiger charge is -2.01. The van der Waals surface area contributed by atoms with Gasteiger partial charge in [0, 0.05) is 12.0 Å². The molecule has 4 N–H and O–H groups in total. The van der Waals surface area contributed by atoms with E-state index in [1.54, 1.807) is 13.2 Å². The first-order valence-electron chi connectivity index (χ1n) is 7.15. The molecule has 1 aromatic heterocycles. The Bertz CT molecular complexity index is 744. The standard InChI is InChI=1S/C10H9N3O2.C5H9NO4/c1-12-7-9(11-10(12)13(14)15)8-5-3-2-4-6-8;6-3(5(9)10)1-2-4(7)8/h2-7H,1H3;3H,1-2,6H2,(H,7,8)(H,9,10)/t;3-/m.0/s1. The highest BCUT2D eigenvalue weighted by atomic mass is 16.6. The number of rotatable bonds is 6. The van der Waals surface area contributed by atoms with E-state index in [9.17, 15) is 19.7 Å². The molecule has 0 aliphatic heterocycles. The van der Waals surface area contributed by atoms with Crippen LogP contribution in [0.3, 0.4) is 0 Å². The molecule has 10 nitrogen and oxygen atoms in total. The normalized spacial score (nSPS) is 11.1. The lowest BCUT2D eigenvalue weighted by Crippen LogP contribution is -2.30. The fraction of sp³-hybridized carbons (Fsp3) is 0.267. The summed E-state index contributed by atoms with van der Waals surface area (Å²) in [5.41, 5.74) is 6.49. The molecule has 1 heterocycles. The van der Waals surface area contributed by atoms with E-state index in [0.29, 0.717) is 5.69 Å². The summed E-state index contributed by atoms with van der Waals surface area (Å²) in [5.74, 6) is -2.34. The number of aromatic nitrogens is 2. The first-order valence-corrected chi connectivity index (χ1v) is 7.15. The van der Waals surface area contributed by atoms with E-state index in [2.05, 4.69) is 4.98 Å². The number of aryl methyl sites for hydroxylation is 1. The number of nitro groups is 1. The van der Waals surface area contributed by atoms with E-state index in [1.807, 2.05) is 30.3 Å². The molecule has 2 rings (SSSR count). The van der Waals surface area contributed by atoms with Crippen molar-refractivity contribution in [1.29, 1.82) is 0 Å². The largest absolute Gasteiger partial charge is 0.481 e. The average Bonchev–Trinajstić information content (AvgIpc) is 2.96. The van der Waals surface area contributed by atoms with Crippen molar-refractivity contribution < 1.29 is 24.7 Å². The fourth-order valence-corrected chi connectivity index (χ4v) is 1.78. The third-order valence-electron chi connectivity index (χ3n) is 3.07. The van der Waals surface area contributed by atoms with Crippen LogP contribution in [0.25, 0.3) is 11.3 Å². The Labute approximate surface area is 142 Å². The Morgan fingerprint density at radius 3 is 2.36 bits per heavy atom. The number of carbonyl (C=O) groups is 2. The summed E-state index contributed by atoms with van der Waals surface area (Å²) >= 11 is 0. The van der Waals surface area contributed by atoms with Gasteiger partial charge < -0.3 is 26.1 Å². The van der Waals surface area contributed by atoms with Crippen LogP contribution in [0, 0.1) is 10.1 Å². The average molecular weight is 350 g/mol. The van der Waals surface area contributed by atoms with Gasteiger partial charge in [0.15, 0.2) is 5.69 Å². The molecule has 2 aromatic rings. The summed E-state index contributed by atoms with van der Waals surface area (Å²) in [6.07, 6.45) is 1.42. The topological polar surface area (TPSA) is 162 Å². The van der Waals surface area contributed by atoms with E-state index in [0.717, 1.165) is 5.56 Å². The van der Waals surface area contributed by atoms with Gasteiger partial charge in [-0.25, -0.2) is 4.57 Å². The summed E-state index contributed by atoms with van der Waals surface area (Å²) in [4.78, 5) is 33.9. The van der Waals surface area contributed by atoms with E-state index in [-0.39, 0.29) is 18.8 Å². The highest BCUT2D eigenvalue weighted by Crippen LogP contribution is 2.20. The van der Waals surface area contributed by atoms with E-state index >= 15 is 0 Å². The number of imidazole rings is 1. The number of nitrogens with two attached hydrogens (primary N) is 1. The van der Waals surface area contributed by atoms with Gasteiger partial charge in [-0.15, -0.1) is 0 Å². The van der Waals surface area contributed by atoms with E-state index in [4.69, 9.17) is 15.9 Å². The first-order chi connectivity index (χ1) is 11.7. The molecule has 0 amide bonds. The summed E-state index contributed by atoms with van der Waals surface area (Å²) in [7, 11) is 1.61. The molecule has 0 bridgehead atoms. The minimum Gasteiger partial charge on any atom is -0.481 e. The van der Waals surface area contributed by atoms with Crippen LogP contribution in [-0.4, -0.2) is 42.7 Å². The monoisotopic (exact) mass is 350 g/mol. The van der Waals surface area contributed by atoms with Gasteiger partial charge in [0.2, 0.25) is 0 Å². The summed E-state index contributed by atoms with van der Waals surface area (Å²) < 4.78 is 1.41. The van der Waals surface area contributed by atoms with Crippen molar-refractivity contribution in [3.63, 3.8) is 0 Å². The molecule has 134 valence electrons. The molecule has 1 atom stereocenters. The van der Waals surface area contributed by atoms with Gasteiger partial charge in [0.1, 0.15) is 12.2 Å². The maximum Gasteiger partial charge on any atom is 0.434 e. The first kappa shape index (κ1) is 19.8. The predicted molar refractivity (Wildman–Crippen MR) is 87.8 cm³/mol. The predicted octanol–water partition coefficient (Wildman–Crippen LogP) is 1.26. The van der Waals surface area contributed by atoms with Gasteiger partial charge in [-0.3, -0.25) is 9.59 Å². The number of hydrogen-bond acceptors (Lipinski definition) is 6. The Kier molecular flexibility index (Phi) is 7.22. The Hall–Kier alpha value is -3.27. The minimum absolute atomic E-state index is 0.0231. The summed E-state index contributed by atoms with van der Waals surface area (Å²) in [6.45, 7) is 0. The zero-order valence-corrected chi connectivity index (χ0v) is 13.4. The molecular weight excluding hydrogens is 332 g/mol. The molecule has 0 radical (unpaired) electrons. The van der Waals surface area contributed by atoms with Crippen molar-refractivity contribution in [2.75, 3.05) is 0 Å². The van der Waals surface area contributed by atoms with Crippen molar-refractivity contribution in [2.45, 2.75) is 18.9 Å². The Morgan fingerprint density at radius 1 is 1.32 bits per heavy atom. The van der Waals surface area contributed by atoms with Crippen molar-refractivity contribution in [3.8, 4) is 11.3 Å². The molecule has 0 aliphatic carbocycles. The van der Waals surface area contributed by atoms with Crippen LogP contribution in [0.5, 0.6) is 0 Å². The molecule has 0 spiro atoms. The smallest absolute Gasteiger partial charge is 0.434 e. The third kappa shape index (κ3) is 6.39.